The normalized spacial score (nSPS) is 20.1. The smallest absolute Gasteiger partial charge is 0.222 e. The second-order valence-electron chi connectivity index (χ2n) is 7.86. The van der Waals surface area contributed by atoms with E-state index < -0.39 is 9.84 Å². The van der Waals surface area contributed by atoms with Crippen LogP contribution in [0.2, 0.25) is 0 Å². The van der Waals surface area contributed by atoms with Crippen molar-refractivity contribution in [1.82, 2.24) is 4.90 Å². The summed E-state index contributed by atoms with van der Waals surface area (Å²) in [7, 11) is -1.22. The lowest BCUT2D eigenvalue weighted by molar-refractivity contribution is -0.131. The van der Waals surface area contributed by atoms with Crippen LogP contribution in [0.25, 0.3) is 0 Å². The second-order valence-corrected chi connectivity index (χ2v) is 10.1. The Bertz CT molecular complexity index is 672. The van der Waals surface area contributed by atoms with E-state index in [1.165, 1.54) is 11.1 Å². The molecule has 1 amide bonds. The molecule has 1 heterocycles. The molecular weight excluding hydrogens is 322 g/mol. The molecule has 0 bridgehead atoms. The molecule has 1 unspecified atom stereocenters. The van der Waals surface area contributed by atoms with Crippen LogP contribution in [0.5, 0.6) is 0 Å². The average Bonchev–Trinajstić information content (AvgIpc) is 2.86. The molecular formula is C19H29NO3S. The van der Waals surface area contributed by atoms with Crippen LogP contribution < -0.4 is 0 Å². The van der Waals surface area contributed by atoms with Gasteiger partial charge in [0.25, 0.3) is 0 Å². The lowest BCUT2D eigenvalue weighted by atomic mass is 9.86. The predicted octanol–water partition coefficient (Wildman–Crippen LogP) is 2.95. The quantitative estimate of drug-likeness (QED) is 0.819. The van der Waals surface area contributed by atoms with Gasteiger partial charge in [0, 0.05) is 19.5 Å². The molecule has 1 aliphatic heterocycles. The molecule has 0 aliphatic carbocycles. The Labute approximate surface area is 146 Å². The van der Waals surface area contributed by atoms with Crippen LogP contribution in [0.1, 0.15) is 51.2 Å². The maximum atomic E-state index is 12.2. The van der Waals surface area contributed by atoms with E-state index in [4.69, 9.17) is 0 Å². The minimum Gasteiger partial charge on any atom is -0.342 e. The Balaban J connectivity index is 1.80. The van der Waals surface area contributed by atoms with Gasteiger partial charge in [0.05, 0.1) is 11.5 Å². The van der Waals surface area contributed by atoms with Crippen LogP contribution in [-0.4, -0.2) is 43.8 Å². The van der Waals surface area contributed by atoms with E-state index in [-0.39, 0.29) is 28.9 Å². The fourth-order valence-electron chi connectivity index (χ4n) is 3.08. The summed E-state index contributed by atoms with van der Waals surface area (Å²) in [6.07, 6.45) is 2.69. The van der Waals surface area contributed by atoms with Gasteiger partial charge in [0.15, 0.2) is 9.84 Å². The molecule has 4 nitrogen and oxygen atoms in total. The average molecular weight is 352 g/mol. The SMILES string of the molecule is CN(C(=O)CCCc1ccc(C(C)(C)C)cc1)C1CCS(=O)(=O)C1. The predicted molar refractivity (Wildman–Crippen MR) is 97.9 cm³/mol. The zero-order valence-corrected chi connectivity index (χ0v) is 16.0. The number of amides is 1. The second kappa shape index (κ2) is 7.26. The summed E-state index contributed by atoms with van der Waals surface area (Å²) in [5, 5.41) is 0. The Kier molecular flexibility index (Phi) is 5.74. The monoisotopic (exact) mass is 351 g/mol. The van der Waals surface area contributed by atoms with Gasteiger partial charge in [-0.3, -0.25) is 4.79 Å². The molecule has 2 rings (SSSR count). The number of carbonyl (C=O) groups excluding carboxylic acids is 1. The highest BCUT2D eigenvalue weighted by Crippen LogP contribution is 2.23. The summed E-state index contributed by atoms with van der Waals surface area (Å²) < 4.78 is 23.1. The molecule has 0 radical (unpaired) electrons. The molecule has 1 aromatic carbocycles. The Morgan fingerprint density at radius 2 is 1.83 bits per heavy atom. The summed E-state index contributed by atoms with van der Waals surface area (Å²) in [6, 6.07) is 8.45. The van der Waals surface area contributed by atoms with Gasteiger partial charge in [-0.15, -0.1) is 0 Å². The summed E-state index contributed by atoms with van der Waals surface area (Å²) in [5.74, 6) is 0.363. The van der Waals surface area contributed by atoms with Gasteiger partial charge in [0.1, 0.15) is 0 Å². The first-order chi connectivity index (χ1) is 11.1. The summed E-state index contributed by atoms with van der Waals surface area (Å²) in [4.78, 5) is 13.9. The number of hydrogen-bond donors (Lipinski definition) is 0. The maximum absolute atomic E-state index is 12.2. The van der Waals surface area contributed by atoms with Gasteiger partial charge in [0.2, 0.25) is 5.91 Å². The van der Waals surface area contributed by atoms with E-state index in [9.17, 15) is 13.2 Å². The third kappa shape index (κ3) is 5.07. The number of carbonyl (C=O) groups is 1. The zero-order valence-electron chi connectivity index (χ0n) is 15.2. The van der Waals surface area contributed by atoms with Gasteiger partial charge in [-0.2, -0.15) is 0 Å². The summed E-state index contributed by atoms with van der Waals surface area (Å²) >= 11 is 0. The van der Waals surface area contributed by atoms with Crippen LogP contribution in [-0.2, 0) is 26.5 Å². The topological polar surface area (TPSA) is 54.5 Å². The van der Waals surface area contributed by atoms with Gasteiger partial charge >= 0.3 is 0 Å². The maximum Gasteiger partial charge on any atom is 0.222 e. The molecule has 5 heteroatoms. The molecule has 0 saturated carbocycles. The van der Waals surface area contributed by atoms with Crippen molar-refractivity contribution in [2.75, 3.05) is 18.6 Å². The Hall–Kier alpha value is -1.36. The van der Waals surface area contributed by atoms with Crippen LogP contribution in [0.3, 0.4) is 0 Å². The van der Waals surface area contributed by atoms with Crippen LogP contribution in [0.4, 0.5) is 0 Å². The summed E-state index contributed by atoms with van der Waals surface area (Å²) in [6.45, 7) is 6.58. The number of benzene rings is 1. The molecule has 1 aliphatic rings. The molecule has 1 saturated heterocycles. The van der Waals surface area contributed by atoms with E-state index in [1.54, 1.807) is 11.9 Å². The van der Waals surface area contributed by atoms with Crippen molar-refractivity contribution in [2.24, 2.45) is 0 Å². The Morgan fingerprint density at radius 3 is 2.33 bits per heavy atom. The van der Waals surface area contributed by atoms with Crippen LogP contribution in [0, 0.1) is 0 Å². The van der Waals surface area contributed by atoms with Crippen molar-refractivity contribution in [3.8, 4) is 0 Å². The number of aryl methyl sites for hydroxylation is 1. The van der Waals surface area contributed by atoms with Crippen molar-refractivity contribution >= 4 is 15.7 Å². The third-order valence-corrected chi connectivity index (χ3v) is 6.58. The van der Waals surface area contributed by atoms with Crippen molar-refractivity contribution in [1.29, 1.82) is 0 Å². The number of sulfone groups is 1. The largest absolute Gasteiger partial charge is 0.342 e. The molecule has 1 aromatic rings. The first-order valence-corrected chi connectivity index (χ1v) is 10.5. The van der Waals surface area contributed by atoms with Crippen molar-refractivity contribution in [3.63, 3.8) is 0 Å². The zero-order chi connectivity index (χ0) is 18.0. The lowest BCUT2D eigenvalue weighted by Gasteiger charge is -2.23. The fraction of sp³-hybridized carbons (Fsp3) is 0.632. The van der Waals surface area contributed by atoms with Crippen molar-refractivity contribution in [2.45, 2.75) is 57.9 Å². The van der Waals surface area contributed by atoms with E-state index in [2.05, 4.69) is 45.0 Å². The van der Waals surface area contributed by atoms with Crippen molar-refractivity contribution < 1.29 is 13.2 Å². The molecule has 0 N–H and O–H groups in total. The highest BCUT2D eigenvalue weighted by atomic mass is 32.2. The van der Waals surface area contributed by atoms with Gasteiger partial charge < -0.3 is 4.90 Å². The standard InChI is InChI=1S/C19H29NO3S/c1-19(2,3)16-10-8-15(9-11-16)6-5-7-18(21)20(4)17-12-13-24(22,23)14-17/h8-11,17H,5-7,12-14H2,1-4H3. The number of rotatable bonds is 5. The number of nitrogens with zero attached hydrogens (tertiary/aromatic N) is 1. The minimum atomic E-state index is -2.95. The number of hydrogen-bond acceptors (Lipinski definition) is 3. The Morgan fingerprint density at radius 1 is 1.21 bits per heavy atom. The minimum absolute atomic E-state index is 0.0448. The van der Waals surface area contributed by atoms with Crippen LogP contribution >= 0.6 is 0 Å². The fourth-order valence-corrected chi connectivity index (χ4v) is 4.85. The first kappa shape index (κ1) is 19.0. The third-order valence-electron chi connectivity index (χ3n) is 4.83. The van der Waals surface area contributed by atoms with E-state index >= 15 is 0 Å². The molecule has 1 atom stereocenters. The summed E-state index contributed by atoms with van der Waals surface area (Å²) in [5.41, 5.74) is 2.70. The van der Waals surface area contributed by atoms with Gasteiger partial charge in [-0.1, -0.05) is 45.0 Å². The van der Waals surface area contributed by atoms with Gasteiger partial charge in [-0.25, -0.2) is 8.42 Å². The highest BCUT2D eigenvalue weighted by Gasteiger charge is 2.32. The molecule has 134 valence electrons. The first-order valence-electron chi connectivity index (χ1n) is 8.64. The van der Waals surface area contributed by atoms with Crippen LogP contribution in [0.15, 0.2) is 24.3 Å². The molecule has 1 fully saturated rings. The highest BCUT2D eigenvalue weighted by molar-refractivity contribution is 7.91. The van der Waals surface area contributed by atoms with E-state index in [1.807, 2.05) is 0 Å². The van der Waals surface area contributed by atoms with Crippen molar-refractivity contribution in [3.05, 3.63) is 35.4 Å². The molecule has 0 aromatic heterocycles. The molecule has 24 heavy (non-hydrogen) atoms. The lowest BCUT2D eigenvalue weighted by Crippen LogP contribution is -2.37. The van der Waals surface area contributed by atoms with Gasteiger partial charge in [-0.05, 0) is 35.8 Å². The van der Waals surface area contributed by atoms with E-state index in [0.717, 1.165) is 12.8 Å². The van der Waals surface area contributed by atoms with E-state index in [0.29, 0.717) is 12.8 Å². The molecule has 0 spiro atoms.